The Bertz CT molecular complexity index is 937. The van der Waals surface area contributed by atoms with Crippen LogP contribution in [0, 0.1) is 5.92 Å². The number of fused-ring (bicyclic) bond motifs is 3. The molecular weight excluding hydrogens is 403 g/mol. The molecule has 2 aliphatic rings. The Hall–Kier alpha value is -1.90. The van der Waals surface area contributed by atoms with E-state index in [0.29, 0.717) is 30.2 Å². The van der Waals surface area contributed by atoms with Crippen LogP contribution in [0.3, 0.4) is 0 Å². The smallest absolute Gasteiger partial charge is 0.313 e. The van der Waals surface area contributed by atoms with E-state index in [9.17, 15) is 21.6 Å². The highest BCUT2D eigenvalue weighted by molar-refractivity contribution is 7.85. The number of alkyl halides is 3. The largest absolute Gasteiger partial charge is 0.416 e. The lowest BCUT2D eigenvalue weighted by Crippen LogP contribution is -2.31. The first-order chi connectivity index (χ1) is 13.5. The second-order valence-corrected chi connectivity index (χ2v) is 9.08. The van der Waals surface area contributed by atoms with Crippen molar-refractivity contribution in [2.75, 3.05) is 12.8 Å². The molecule has 1 fully saturated rings. The summed E-state index contributed by atoms with van der Waals surface area (Å²) < 4.78 is 65.7. The average Bonchev–Trinajstić information content (AvgIpc) is 3.03. The van der Waals surface area contributed by atoms with Crippen molar-refractivity contribution in [3.8, 4) is 0 Å². The third-order valence-corrected chi connectivity index (χ3v) is 5.58. The maximum Gasteiger partial charge on any atom is 0.416 e. The van der Waals surface area contributed by atoms with Gasteiger partial charge in [0, 0.05) is 18.5 Å². The molecule has 2 aromatic carbocycles. The Balaban J connectivity index is 0.000000431. The van der Waals surface area contributed by atoms with Gasteiger partial charge in [-0.05, 0) is 47.9 Å². The molecule has 8 heteroatoms. The minimum absolute atomic E-state index is 0.199. The number of rotatable bonds is 2. The van der Waals surface area contributed by atoms with Crippen LogP contribution in [0.15, 0.2) is 48.5 Å². The third-order valence-electron chi connectivity index (χ3n) is 5.58. The molecule has 1 saturated heterocycles. The van der Waals surface area contributed by atoms with Gasteiger partial charge in [-0.2, -0.15) is 21.6 Å². The van der Waals surface area contributed by atoms with E-state index in [0.717, 1.165) is 24.9 Å². The lowest BCUT2D eigenvalue weighted by atomic mass is 9.72. The zero-order valence-corrected chi connectivity index (χ0v) is 16.8. The molecule has 0 aromatic heterocycles. The molecular formula is C21H24F3NO3S. The summed E-state index contributed by atoms with van der Waals surface area (Å²) in [4.78, 5) is 0. The molecule has 29 heavy (non-hydrogen) atoms. The van der Waals surface area contributed by atoms with Crippen LogP contribution in [0.5, 0.6) is 0 Å². The van der Waals surface area contributed by atoms with Gasteiger partial charge >= 0.3 is 6.18 Å². The number of benzene rings is 2. The summed E-state index contributed by atoms with van der Waals surface area (Å²) in [6, 6.07) is 15.3. The monoisotopic (exact) mass is 427 g/mol. The molecule has 0 spiro atoms. The van der Waals surface area contributed by atoms with E-state index in [1.54, 1.807) is 6.07 Å². The van der Waals surface area contributed by atoms with E-state index < -0.39 is 21.9 Å². The van der Waals surface area contributed by atoms with Crippen LogP contribution < -0.4 is 5.32 Å². The van der Waals surface area contributed by atoms with Crippen molar-refractivity contribution in [2.24, 2.45) is 5.92 Å². The van der Waals surface area contributed by atoms with Crippen molar-refractivity contribution in [1.82, 2.24) is 5.32 Å². The van der Waals surface area contributed by atoms with Crippen LogP contribution in [0.25, 0.3) is 0 Å². The second-order valence-electron chi connectivity index (χ2n) is 7.62. The Morgan fingerprint density at radius 1 is 1.10 bits per heavy atom. The maximum absolute atomic E-state index is 13.3. The summed E-state index contributed by atoms with van der Waals surface area (Å²) >= 11 is 0. The molecule has 1 aliphatic carbocycles. The van der Waals surface area contributed by atoms with Gasteiger partial charge in [-0.25, -0.2) is 0 Å². The molecule has 1 heterocycles. The maximum atomic E-state index is 13.3. The molecule has 0 amide bonds. The third kappa shape index (κ3) is 5.58. The van der Waals surface area contributed by atoms with Crippen LogP contribution in [0.1, 0.15) is 34.6 Å². The topological polar surface area (TPSA) is 66.4 Å². The van der Waals surface area contributed by atoms with E-state index in [4.69, 9.17) is 4.55 Å². The summed E-state index contributed by atoms with van der Waals surface area (Å²) in [5, 5.41) is 3.56. The Labute approximate surface area is 168 Å². The highest BCUT2D eigenvalue weighted by Gasteiger charge is 2.43. The summed E-state index contributed by atoms with van der Waals surface area (Å²) in [7, 11) is -3.67. The Morgan fingerprint density at radius 3 is 2.38 bits per heavy atom. The molecule has 0 saturated carbocycles. The van der Waals surface area contributed by atoms with Gasteiger partial charge in [-0.1, -0.05) is 42.5 Å². The fourth-order valence-electron chi connectivity index (χ4n) is 4.50. The molecule has 3 unspecified atom stereocenters. The van der Waals surface area contributed by atoms with Crippen molar-refractivity contribution in [3.05, 3.63) is 70.8 Å². The molecule has 2 aromatic rings. The molecule has 4 nitrogen and oxygen atoms in total. The number of hydrogen-bond donors (Lipinski definition) is 2. The van der Waals surface area contributed by atoms with Crippen LogP contribution in [0.2, 0.25) is 0 Å². The number of hydrogen-bond acceptors (Lipinski definition) is 3. The molecule has 0 radical (unpaired) electrons. The predicted octanol–water partition coefficient (Wildman–Crippen LogP) is 4.07. The molecule has 2 N–H and O–H groups in total. The van der Waals surface area contributed by atoms with E-state index in [-0.39, 0.29) is 5.92 Å². The highest BCUT2D eigenvalue weighted by Crippen LogP contribution is 2.45. The van der Waals surface area contributed by atoms with Crippen molar-refractivity contribution in [2.45, 2.75) is 37.4 Å². The van der Waals surface area contributed by atoms with E-state index >= 15 is 0 Å². The molecule has 0 bridgehead atoms. The predicted molar refractivity (Wildman–Crippen MR) is 105 cm³/mol. The summed E-state index contributed by atoms with van der Waals surface area (Å²) in [5.74, 6) is 0.617. The van der Waals surface area contributed by atoms with Gasteiger partial charge in [0.2, 0.25) is 0 Å². The fraction of sp³-hybridized carbons (Fsp3) is 0.429. The van der Waals surface area contributed by atoms with Gasteiger partial charge in [0.25, 0.3) is 10.1 Å². The number of halogens is 3. The molecule has 1 aliphatic heterocycles. The van der Waals surface area contributed by atoms with Gasteiger partial charge in [-0.15, -0.1) is 0 Å². The fourth-order valence-corrected chi connectivity index (χ4v) is 4.50. The minimum Gasteiger partial charge on any atom is -0.313 e. The first-order valence-electron chi connectivity index (χ1n) is 9.43. The molecule has 4 rings (SSSR count). The highest BCUT2D eigenvalue weighted by atomic mass is 32.2. The summed E-state index contributed by atoms with van der Waals surface area (Å²) in [6.07, 6.45) is -1.24. The first kappa shape index (κ1) is 21.8. The van der Waals surface area contributed by atoms with Crippen molar-refractivity contribution in [1.29, 1.82) is 0 Å². The van der Waals surface area contributed by atoms with E-state index in [1.165, 1.54) is 11.6 Å². The zero-order valence-electron chi connectivity index (χ0n) is 16.0. The summed E-state index contributed by atoms with van der Waals surface area (Å²) in [5.41, 5.74) is 2.27. The van der Waals surface area contributed by atoms with Crippen molar-refractivity contribution in [3.63, 3.8) is 0 Å². The van der Waals surface area contributed by atoms with Crippen molar-refractivity contribution >= 4 is 10.1 Å². The average molecular weight is 427 g/mol. The van der Waals surface area contributed by atoms with Crippen LogP contribution >= 0.6 is 0 Å². The minimum atomic E-state index is -4.26. The van der Waals surface area contributed by atoms with Crippen molar-refractivity contribution < 1.29 is 26.1 Å². The second kappa shape index (κ2) is 8.45. The van der Waals surface area contributed by atoms with Gasteiger partial charge in [0.15, 0.2) is 0 Å². The van der Waals surface area contributed by atoms with Crippen LogP contribution in [0.4, 0.5) is 13.2 Å². The standard InChI is InChI=1S/C20H20F3N.CH4O3S/c21-20(22,23)18-8-4-7-14-15(18)9-10-16-17(14)12-24-19(16)11-13-5-2-1-3-6-13;1-5(2,3)4/h1-8,16-17,19,24H,9-12H2;1H3,(H,2,3,4). The Kier molecular flexibility index (Phi) is 6.36. The lowest BCUT2D eigenvalue weighted by molar-refractivity contribution is -0.138. The quantitative estimate of drug-likeness (QED) is 0.709. The molecule has 158 valence electrons. The SMILES string of the molecule is CS(=O)(=O)O.FC(F)(F)c1cccc2c1CCC1C(Cc3ccccc3)NCC21. The normalized spacial score (nSPS) is 23.6. The van der Waals surface area contributed by atoms with Gasteiger partial charge in [-0.3, -0.25) is 4.55 Å². The first-order valence-corrected chi connectivity index (χ1v) is 11.3. The van der Waals surface area contributed by atoms with E-state index in [1.807, 2.05) is 24.3 Å². The van der Waals surface area contributed by atoms with Gasteiger partial charge in [0.1, 0.15) is 0 Å². The van der Waals surface area contributed by atoms with Crippen LogP contribution in [-0.2, 0) is 29.1 Å². The zero-order chi connectivity index (χ0) is 21.2. The lowest BCUT2D eigenvalue weighted by Gasteiger charge is -2.32. The van der Waals surface area contributed by atoms with Gasteiger partial charge in [0.05, 0.1) is 11.8 Å². The van der Waals surface area contributed by atoms with Crippen LogP contribution in [-0.4, -0.2) is 31.8 Å². The van der Waals surface area contributed by atoms with E-state index in [2.05, 4.69) is 17.4 Å². The summed E-state index contributed by atoms with van der Waals surface area (Å²) in [6.45, 7) is 0.774. The van der Waals surface area contributed by atoms with Gasteiger partial charge < -0.3 is 5.32 Å². The molecule has 3 atom stereocenters. The Morgan fingerprint density at radius 2 is 1.76 bits per heavy atom. The number of nitrogens with one attached hydrogen (secondary N) is 1.